The first-order valence-electron chi connectivity index (χ1n) is 53.9. The van der Waals surface area contributed by atoms with Gasteiger partial charge in [0.2, 0.25) is 0 Å². The van der Waals surface area contributed by atoms with Crippen molar-refractivity contribution in [3.63, 3.8) is 0 Å². The van der Waals surface area contributed by atoms with Gasteiger partial charge >= 0.3 is 0 Å². The van der Waals surface area contributed by atoms with Crippen molar-refractivity contribution in [1.29, 1.82) is 0 Å². The molecule has 3 aromatic rings. The van der Waals surface area contributed by atoms with Crippen LogP contribution in [0.2, 0.25) is 0 Å². The predicted molar refractivity (Wildman–Crippen MR) is 540 cm³/mol. The maximum Gasteiger partial charge on any atom is 0.150 e. The van der Waals surface area contributed by atoms with E-state index in [0.29, 0.717) is 0 Å². The van der Waals surface area contributed by atoms with Gasteiger partial charge in [0.15, 0.2) is 0 Å². The van der Waals surface area contributed by atoms with Crippen LogP contribution in [0.25, 0.3) is 6.08 Å². The summed E-state index contributed by atoms with van der Waals surface area (Å²) in [4.78, 5) is 17.9. The molecule has 0 aliphatic carbocycles. The Bertz CT molecular complexity index is 2390. The lowest BCUT2D eigenvalue weighted by molar-refractivity contribution is 0.112. The van der Waals surface area contributed by atoms with Crippen LogP contribution < -0.4 is 14.7 Å². The second-order valence-corrected chi connectivity index (χ2v) is 37.7. The number of hydrogen-bond acceptors (Lipinski definition) is 4. The number of anilines is 3. The molecule has 3 rings (SSSR count). The molecule has 0 unspecified atom stereocenters. The fourth-order valence-electron chi connectivity index (χ4n) is 17.5. The molecule has 3 aromatic carbocycles. The van der Waals surface area contributed by atoms with Crippen molar-refractivity contribution >= 4 is 29.4 Å². The Morgan fingerprint density at radius 2 is 0.364 bits per heavy atom. The van der Waals surface area contributed by atoms with Crippen LogP contribution >= 0.6 is 0 Å². The molecular formula is C114H209N3O. The number of aryl methyl sites for hydroxylation is 1. The van der Waals surface area contributed by atoms with E-state index in [4.69, 9.17) is 0 Å². The van der Waals surface area contributed by atoms with Crippen molar-refractivity contribution < 1.29 is 4.79 Å². The summed E-state index contributed by atoms with van der Waals surface area (Å²) in [6, 6.07) is 26.5. The summed E-state index contributed by atoms with van der Waals surface area (Å²) in [5.41, 5.74) is 7.56. The third-order valence-electron chi connectivity index (χ3n) is 26.1. The van der Waals surface area contributed by atoms with Gasteiger partial charge in [0.1, 0.15) is 6.29 Å². The minimum atomic E-state index is 0.750. The Balaban J connectivity index is 0.000000911. The van der Waals surface area contributed by atoms with Crippen LogP contribution in [-0.4, -0.2) is 47.1 Å². The summed E-state index contributed by atoms with van der Waals surface area (Å²) >= 11 is 0. The quantitative estimate of drug-likeness (QED) is 0.0416. The number of hydrogen-bond donors (Lipinski definition) is 0. The van der Waals surface area contributed by atoms with E-state index in [2.05, 4.69) is 131 Å². The van der Waals surface area contributed by atoms with Crippen molar-refractivity contribution in [2.75, 3.05) is 55.5 Å². The van der Waals surface area contributed by atoms with Crippen LogP contribution in [-0.2, 0) is 6.42 Å². The number of aldehydes is 1. The van der Waals surface area contributed by atoms with Crippen LogP contribution in [0.5, 0.6) is 0 Å². The van der Waals surface area contributed by atoms with E-state index in [0.717, 1.165) is 18.4 Å². The van der Waals surface area contributed by atoms with Crippen molar-refractivity contribution in [3.05, 3.63) is 95.6 Å². The highest BCUT2D eigenvalue weighted by molar-refractivity contribution is 5.75. The normalized spacial score (nSPS) is 11.4. The van der Waals surface area contributed by atoms with Gasteiger partial charge in [-0.15, -0.1) is 0 Å². The van der Waals surface area contributed by atoms with Crippen molar-refractivity contribution in [1.82, 2.24) is 0 Å². The molecule has 0 aliphatic rings. The SMILES string of the molecule is CCCCCCCCCCCCCCCCCC=Cc1ccc(N(C)CCCCCCCCCCCCCCCCCC)cc1.CCCCCCCCCCCCCCCCCCCc1ccc(N(C)CCCCCCCCCCCCCCCCCC)cc1.CCCCCCCCCCCCCCCCCCN(C)c1ccc(C=O)cc1. The average molecular weight is 1640 g/mol. The molecule has 686 valence electrons. The molecule has 118 heavy (non-hydrogen) atoms. The van der Waals surface area contributed by atoms with Gasteiger partial charge in [0.25, 0.3) is 0 Å². The Morgan fingerprint density at radius 3 is 0.568 bits per heavy atom. The zero-order valence-corrected chi connectivity index (χ0v) is 81.5. The fourth-order valence-corrected chi connectivity index (χ4v) is 17.5. The number of carbonyl (C=O) groups is 1. The molecule has 0 amide bonds. The predicted octanol–water partition coefficient (Wildman–Crippen LogP) is 39.4. The molecule has 0 fully saturated rings. The molecule has 0 saturated heterocycles. The molecule has 0 heterocycles. The van der Waals surface area contributed by atoms with Gasteiger partial charge in [-0.25, -0.2) is 0 Å². The first-order valence-corrected chi connectivity index (χ1v) is 53.9. The van der Waals surface area contributed by atoms with Gasteiger partial charge < -0.3 is 14.7 Å². The van der Waals surface area contributed by atoms with Crippen molar-refractivity contribution in [2.24, 2.45) is 0 Å². The van der Waals surface area contributed by atoms with E-state index >= 15 is 0 Å². The topological polar surface area (TPSA) is 26.8 Å². The summed E-state index contributed by atoms with van der Waals surface area (Å²) in [7, 11) is 6.67. The molecule has 0 aliphatic heterocycles. The minimum absolute atomic E-state index is 0.750. The molecule has 0 aromatic heterocycles. The van der Waals surface area contributed by atoms with E-state index in [1.807, 2.05) is 24.3 Å². The zero-order valence-electron chi connectivity index (χ0n) is 81.5. The molecule has 0 spiro atoms. The first kappa shape index (κ1) is 112. The molecule has 0 saturated carbocycles. The number of nitrogens with zero attached hydrogens (tertiary/aromatic N) is 3. The van der Waals surface area contributed by atoms with Crippen LogP contribution in [0.4, 0.5) is 17.1 Å². The number of benzene rings is 3. The zero-order chi connectivity index (χ0) is 84.9. The molecule has 0 N–H and O–H groups in total. The fraction of sp³-hybridized carbons (Fsp3) is 0.816. The second kappa shape index (κ2) is 94.2. The summed E-state index contributed by atoms with van der Waals surface area (Å²) in [5, 5.41) is 0. The van der Waals surface area contributed by atoms with Crippen LogP contribution in [0.1, 0.15) is 576 Å². The Morgan fingerprint density at radius 1 is 0.195 bits per heavy atom. The molecule has 0 atom stereocenters. The second-order valence-electron chi connectivity index (χ2n) is 37.7. The van der Waals surface area contributed by atoms with Crippen LogP contribution in [0.3, 0.4) is 0 Å². The lowest BCUT2D eigenvalue weighted by atomic mass is 10.0. The maximum atomic E-state index is 10.7. The lowest BCUT2D eigenvalue weighted by Crippen LogP contribution is -2.18. The van der Waals surface area contributed by atoms with E-state index in [1.54, 1.807) is 0 Å². The Hall–Kier alpha value is -3.53. The summed E-state index contributed by atoms with van der Waals surface area (Å²) in [6.45, 7) is 15.0. The van der Waals surface area contributed by atoms with Crippen molar-refractivity contribution in [3.8, 4) is 0 Å². The van der Waals surface area contributed by atoms with E-state index < -0.39 is 0 Å². The standard InChI is InChI=1S/C44H83N.C44H81N.C26H45NO/c2*1-4-6-8-10-12-14-16-18-20-22-23-25-27-29-31-33-35-37-43-38-40-44(41-39-43)45(3)42-36-34-32-30-28-26-24-21-19-17-15-13-11-9-7-5-2;1-3-4-5-6-7-8-9-10-11-12-13-14-15-16-17-18-23-27(2)26-21-19-25(24-28)20-22-26/h38-41H,4-37,42H2,1-3H3;35,37-41H,4-34,36,42H2,1-3H3;19-22,24H,3-18,23H2,1-2H3. The molecule has 4 nitrogen and oxygen atoms in total. The highest BCUT2D eigenvalue weighted by atomic mass is 16.1. The third-order valence-corrected chi connectivity index (χ3v) is 26.1. The monoisotopic (exact) mass is 1640 g/mol. The molecule has 0 radical (unpaired) electrons. The lowest BCUT2D eigenvalue weighted by Gasteiger charge is -2.19. The summed E-state index contributed by atoms with van der Waals surface area (Å²) in [5.74, 6) is 0. The van der Waals surface area contributed by atoms with Crippen LogP contribution in [0, 0.1) is 0 Å². The molecule has 4 heteroatoms. The minimum Gasteiger partial charge on any atom is -0.375 e. The maximum absolute atomic E-state index is 10.7. The largest absolute Gasteiger partial charge is 0.375 e. The van der Waals surface area contributed by atoms with Gasteiger partial charge in [-0.3, -0.25) is 4.79 Å². The highest BCUT2D eigenvalue weighted by Gasteiger charge is 2.08. The molecular weight excluding hydrogens is 1430 g/mol. The van der Waals surface area contributed by atoms with Gasteiger partial charge in [-0.2, -0.15) is 0 Å². The Labute approximate surface area is 741 Å². The van der Waals surface area contributed by atoms with Gasteiger partial charge in [0, 0.05) is 63.4 Å². The average Bonchev–Trinajstić information content (AvgIpc) is 0.901. The Kier molecular flexibility index (Phi) is 89.7. The van der Waals surface area contributed by atoms with Gasteiger partial charge in [0.05, 0.1) is 0 Å². The van der Waals surface area contributed by atoms with Crippen molar-refractivity contribution in [2.45, 2.75) is 561 Å². The number of rotatable bonds is 90. The van der Waals surface area contributed by atoms with E-state index in [9.17, 15) is 4.79 Å². The van der Waals surface area contributed by atoms with Gasteiger partial charge in [-0.1, -0.05) is 553 Å². The van der Waals surface area contributed by atoms with Crippen LogP contribution in [0.15, 0.2) is 78.9 Å². The van der Waals surface area contributed by atoms with Gasteiger partial charge in [-0.05, 0) is 105 Å². The summed E-state index contributed by atoms with van der Waals surface area (Å²) in [6.07, 6.45) is 123. The van der Waals surface area contributed by atoms with E-state index in [1.165, 1.54) is 568 Å². The number of unbranched alkanes of at least 4 members (excludes halogenated alkanes) is 76. The number of allylic oxidation sites excluding steroid dienone is 1. The molecule has 0 bridgehead atoms. The van der Waals surface area contributed by atoms with E-state index in [-0.39, 0.29) is 0 Å². The highest BCUT2D eigenvalue weighted by Crippen LogP contribution is 2.25. The number of carbonyl (C=O) groups excluding carboxylic acids is 1. The summed E-state index contributed by atoms with van der Waals surface area (Å²) < 4.78 is 0. The third kappa shape index (κ3) is 79.6. The first-order chi connectivity index (χ1) is 58.3. The smallest absolute Gasteiger partial charge is 0.150 e.